The van der Waals surface area contributed by atoms with Gasteiger partial charge in [0.25, 0.3) is 0 Å². The van der Waals surface area contributed by atoms with Crippen LogP contribution in [-0.2, 0) is 4.79 Å². The van der Waals surface area contributed by atoms with Crippen LogP contribution in [0.15, 0.2) is 59.5 Å². The van der Waals surface area contributed by atoms with E-state index in [1.165, 1.54) is 4.90 Å². The SMILES string of the molecule is CSc1ccc(/C=C/C(=O)N2CCN(c3ccccc3Cl)CC2)cc1. The summed E-state index contributed by atoms with van der Waals surface area (Å²) in [4.78, 5) is 17.7. The Labute approximate surface area is 158 Å². The molecule has 0 aliphatic carbocycles. The molecule has 1 fully saturated rings. The number of amides is 1. The van der Waals surface area contributed by atoms with Crippen LogP contribution in [0.2, 0.25) is 5.02 Å². The molecule has 0 spiro atoms. The summed E-state index contributed by atoms with van der Waals surface area (Å²) >= 11 is 7.97. The van der Waals surface area contributed by atoms with Crippen molar-refractivity contribution in [1.82, 2.24) is 4.90 Å². The molecule has 1 aliphatic heterocycles. The Morgan fingerprint density at radius 1 is 1.04 bits per heavy atom. The summed E-state index contributed by atoms with van der Waals surface area (Å²) in [5.41, 5.74) is 2.08. The summed E-state index contributed by atoms with van der Waals surface area (Å²) in [5.74, 6) is 0.0627. The number of hydrogen-bond donors (Lipinski definition) is 0. The third kappa shape index (κ3) is 4.59. The zero-order valence-electron chi connectivity index (χ0n) is 14.2. The van der Waals surface area contributed by atoms with E-state index >= 15 is 0 Å². The summed E-state index contributed by atoms with van der Waals surface area (Å²) in [7, 11) is 0. The number of halogens is 1. The second-order valence-corrected chi connectivity index (χ2v) is 7.16. The van der Waals surface area contributed by atoms with Crippen molar-refractivity contribution >= 4 is 41.0 Å². The fourth-order valence-electron chi connectivity index (χ4n) is 2.86. The quantitative estimate of drug-likeness (QED) is 0.586. The number of hydrogen-bond acceptors (Lipinski definition) is 3. The monoisotopic (exact) mass is 372 g/mol. The van der Waals surface area contributed by atoms with Gasteiger partial charge in [0, 0.05) is 37.2 Å². The first kappa shape index (κ1) is 17.9. The largest absolute Gasteiger partial charge is 0.367 e. The molecule has 0 aromatic heterocycles. The lowest BCUT2D eigenvalue weighted by Gasteiger charge is -2.36. The van der Waals surface area contributed by atoms with Gasteiger partial charge in [-0.25, -0.2) is 0 Å². The molecule has 0 unspecified atom stereocenters. The van der Waals surface area contributed by atoms with Crippen molar-refractivity contribution in [2.45, 2.75) is 4.90 Å². The van der Waals surface area contributed by atoms with Crippen LogP contribution in [0.3, 0.4) is 0 Å². The summed E-state index contributed by atoms with van der Waals surface area (Å²) in [6, 6.07) is 16.0. The van der Waals surface area contributed by atoms with Gasteiger partial charge >= 0.3 is 0 Å². The van der Waals surface area contributed by atoms with Crippen LogP contribution in [0.25, 0.3) is 6.08 Å². The van der Waals surface area contributed by atoms with Crippen LogP contribution in [0, 0.1) is 0 Å². The van der Waals surface area contributed by atoms with Gasteiger partial charge in [-0.1, -0.05) is 35.9 Å². The molecular formula is C20H21ClN2OS. The first-order valence-corrected chi connectivity index (χ1v) is 9.88. The molecule has 130 valence electrons. The molecule has 3 rings (SSSR count). The maximum atomic E-state index is 12.4. The number of nitrogens with zero attached hydrogens (tertiary/aromatic N) is 2. The minimum atomic E-state index is 0.0627. The molecular weight excluding hydrogens is 352 g/mol. The third-order valence-corrected chi connectivity index (χ3v) is 5.38. The first-order valence-electron chi connectivity index (χ1n) is 8.28. The average Bonchev–Trinajstić information content (AvgIpc) is 2.67. The van der Waals surface area contributed by atoms with Gasteiger partial charge in [0.1, 0.15) is 0 Å². The van der Waals surface area contributed by atoms with Crippen LogP contribution in [-0.4, -0.2) is 43.2 Å². The molecule has 5 heteroatoms. The van der Waals surface area contributed by atoms with Gasteiger partial charge in [-0.15, -0.1) is 11.8 Å². The molecule has 0 radical (unpaired) electrons. The van der Waals surface area contributed by atoms with Crippen molar-refractivity contribution in [2.75, 3.05) is 37.3 Å². The number of rotatable bonds is 4. The van der Waals surface area contributed by atoms with Crippen LogP contribution < -0.4 is 4.90 Å². The number of para-hydroxylation sites is 1. The Balaban J connectivity index is 1.56. The van der Waals surface area contributed by atoms with E-state index in [4.69, 9.17) is 11.6 Å². The highest BCUT2D eigenvalue weighted by Crippen LogP contribution is 2.26. The summed E-state index contributed by atoms with van der Waals surface area (Å²) in [5, 5.41) is 0.760. The molecule has 25 heavy (non-hydrogen) atoms. The summed E-state index contributed by atoms with van der Waals surface area (Å²) in [6.07, 6.45) is 5.60. The number of piperazine rings is 1. The van der Waals surface area contributed by atoms with E-state index in [1.807, 2.05) is 47.4 Å². The number of carbonyl (C=O) groups is 1. The molecule has 0 saturated carbocycles. The Bertz CT molecular complexity index is 753. The van der Waals surface area contributed by atoms with Crippen molar-refractivity contribution in [3.63, 3.8) is 0 Å². The van der Waals surface area contributed by atoms with Crippen molar-refractivity contribution < 1.29 is 4.79 Å². The van der Waals surface area contributed by atoms with E-state index in [-0.39, 0.29) is 5.91 Å². The van der Waals surface area contributed by atoms with Gasteiger partial charge in [0.05, 0.1) is 10.7 Å². The second-order valence-electron chi connectivity index (χ2n) is 5.87. The Hall–Kier alpha value is -1.91. The lowest BCUT2D eigenvalue weighted by Crippen LogP contribution is -2.48. The molecule has 1 aliphatic rings. The fraction of sp³-hybridized carbons (Fsp3) is 0.250. The molecule has 0 N–H and O–H groups in total. The lowest BCUT2D eigenvalue weighted by molar-refractivity contribution is -0.126. The average molecular weight is 373 g/mol. The predicted octanol–water partition coefficient (Wildman–Crippen LogP) is 4.42. The molecule has 2 aromatic rings. The van der Waals surface area contributed by atoms with Crippen LogP contribution in [0.4, 0.5) is 5.69 Å². The van der Waals surface area contributed by atoms with Gasteiger partial charge in [0.15, 0.2) is 0 Å². The van der Waals surface area contributed by atoms with Gasteiger partial charge < -0.3 is 9.80 Å². The predicted molar refractivity (Wildman–Crippen MR) is 108 cm³/mol. The number of carbonyl (C=O) groups excluding carboxylic acids is 1. The minimum absolute atomic E-state index is 0.0627. The van der Waals surface area contributed by atoms with E-state index < -0.39 is 0 Å². The zero-order chi connectivity index (χ0) is 17.6. The molecule has 0 atom stereocenters. The number of thioether (sulfide) groups is 1. The highest BCUT2D eigenvalue weighted by atomic mass is 35.5. The van der Waals surface area contributed by atoms with Crippen LogP contribution in [0.1, 0.15) is 5.56 Å². The van der Waals surface area contributed by atoms with E-state index in [2.05, 4.69) is 23.3 Å². The Morgan fingerprint density at radius 2 is 1.72 bits per heavy atom. The van der Waals surface area contributed by atoms with Gasteiger partial charge in [-0.2, -0.15) is 0 Å². The third-order valence-electron chi connectivity index (χ3n) is 4.32. The summed E-state index contributed by atoms with van der Waals surface area (Å²) < 4.78 is 0. The number of benzene rings is 2. The molecule has 1 amide bonds. The molecule has 1 saturated heterocycles. The standard InChI is InChI=1S/C20H21ClN2OS/c1-25-17-9-6-16(7-10-17)8-11-20(24)23-14-12-22(13-15-23)19-5-3-2-4-18(19)21/h2-11H,12-15H2,1H3/b11-8+. The molecule has 3 nitrogen and oxygen atoms in total. The van der Waals surface area contributed by atoms with Crippen molar-refractivity contribution in [2.24, 2.45) is 0 Å². The second kappa shape index (κ2) is 8.45. The van der Waals surface area contributed by atoms with Gasteiger partial charge in [-0.05, 0) is 42.2 Å². The fourth-order valence-corrected chi connectivity index (χ4v) is 3.53. The topological polar surface area (TPSA) is 23.6 Å². The van der Waals surface area contributed by atoms with Crippen LogP contribution in [0.5, 0.6) is 0 Å². The van der Waals surface area contributed by atoms with E-state index in [0.717, 1.165) is 29.4 Å². The first-order chi connectivity index (χ1) is 12.2. The molecule has 0 bridgehead atoms. The molecule has 1 heterocycles. The van der Waals surface area contributed by atoms with E-state index in [9.17, 15) is 4.79 Å². The maximum absolute atomic E-state index is 12.4. The van der Waals surface area contributed by atoms with Crippen LogP contribution >= 0.6 is 23.4 Å². The highest BCUT2D eigenvalue weighted by Gasteiger charge is 2.20. The van der Waals surface area contributed by atoms with Gasteiger partial charge in [0.2, 0.25) is 5.91 Å². The maximum Gasteiger partial charge on any atom is 0.246 e. The van der Waals surface area contributed by atoms with E-state index in [1.54, 1.807) is 17.8 Å². The smallest absolute Gasteiger partial charge is 0.246 e. The number of anilines is 1. The lowest BCUT2D eigenvalue weighted by atomic mass is 10.2. The Kier molecular flexibility index (Phi) is 6.05. The zero-order valence-corrected chi connectivity index (χ0v) is 15.8. The van der Waals surface area contributed by atoms with Crippen molar-refractivity contribution in [1.29, 1.82) is 0 Å². The summed E-state index contributed by atoms with van der Waals surface area (Å²) in [6.45, 7) is 3.01. The molecule has 2 aromatic carbocycles. The van der Waals surface area contributed by atoms with Crippen molar-refractivity contribution in [3.05, 3.63) is 65.2 Å². The highest BCUT2D eigenvalue weighted by molar-refractivity contribution is 7.98. The van der Waals surface area contributed by atoms with Crippen molar-refractivity contribution in [3.8, 4) is 0 Å². The minimum Gasteiger partial charge on any atom is -0.367 e. The van der Waals surface area contributed by atoms with Gasteiger partial charge in [-0.3, -0.25) is 4.79 Å². The normalized spacial score (nSPS) is 15.0. The van der Waals surface area contributed by atoms with E-state index in [0.29, 0.717) is 13.1 Å². The Morgan fingerprint density at radius 3 is 2.36 bits per heavy atom.